The zero-order chi connectivity index (χ0) is 27.1. The van der Waals surface area contributed by atoms with Crippen LogP contribution in [0.2, 0.25) is 0 Å². The van der Waals surface area contributed by atoms with E-state index in [4.69, 9.17) is 9.26 Å². The van der Waals surface area contributed by atoms with Crippen molar-refractivity contribution in [2.45, 2.75) is 32.6 Å². The van der Waals surface area contributed by atoms with Crippen LogP contribution in [0.25, 0.3) is 22.9 Å². The Bertz CT molecular complexity index is 1350. The van der Waals surface area contributed by atoms with Crippen molar-refractivity contribution in [1.82, 2.24) is 5.16 Å². The Morgan fingerprint density at radius 2 is 2.00 bits per heavy atom. The van der Waals surface area contributed by atoms with Gasteiger partial charge in [0.2, 0.25) is 0 Å². The number of allylic oxidation sites excluding steroid dienone is 3. The van der Waals surface area contributed by atoms with Crippen LogP contribution >= 0.6 is 0 Å². The van der Waals surface area contributed by atoms with Crippen LogP contribution in [-0.2, 0) is 11.2 Å². The van der Waals surface area contributed by atoms with Crippen molar-refractivity contribution >= 4 is 17.9 Å². The molecular formula is C32H34F2N2O2. The third kappa shape index (κ3) is 6.08. The van der Waals surface area contributed by atoms with Crippen LogP contribution in [0.1, 0.15) is 43.1 Å². The summed E-state index contributed by atoms with van der Waals surface area (Å²) < 4.78 is 38.8. The van der Waals surface area contributed by atoms with E-state index in [1.807, 2.05) is 24.4 Å². The highest BCUT2D eigenvalue weighted by Gasteiger charge is 2.55. The molecule has 2 aromatic carbocycles. The molecule has 38 heavy (non-hydrogen) atoms. The first-order chi connectivity index (χ1) is 18.4. The van der Waals surface area contributed by atoms with Gasteiger partial charge in [-0.1, -0.05) is 71.9 Å². The molecule has 0 bridgehead atoms. The highest BCUT2D eigenvalue weighted by molar-refractivity contribution is 5.84. The zero-order valence-electron chi connectivity index (χ0n) is 22.2. The van der Waals surface area contributed by atoms with Gasteiger partial charge in [-0.3, -0.25) is 4.99 Å². The fraction of sp³-hybridized carbons (Fsp3) is 0.312. The Kier molecular flexibility index (Phi) is 8.85. The third-order valence-electron chi connectivity index (χ3n) is 7.22. The molecule has 4 nitrogen and oxygen atoms in total. The lowest BCUT2D eigenvalue weighted by atomic mass is 9.89. The van der Waals surface area contributed by atoms with Crippen LogP contribution < -0.4 is 0 Å². The van der Waals surface area contributed by atoms with E-state index in [2.05, 4.69) is 54.0 Å². The Labute approximate surface area is 223 Å². The molecule has 6 heteroatoms. The van der Waals surface area contributed by atoms with Crippen molar-refractivity contribution in [1.29, 1.82) is 0 Å². The average molecular weight is 517 g/mol. The summed E-state index contributed by atoms with van der Waals surface area (Å²) in [6.07, 6.45) is 11.4. The zero-order valence-corrected chi connectivity index (χ0v) is 22.2. The number of aromatic nitrogens is 1. The maximum atomic E-state index is 14.4. The van der Waals surface area contributed by atoms with E-state index in [0.717, 1.165) is 53.5 Å². The number of aryl methyl sites for hydroxylation is 1. The number of halogens is 2. The predicted octanol–water partition coefficient (Wildman–Crippen LogP) is 7.97. The average Bonchev–Trinajstić information content (AvgIpc) is 3.46. The summed E-state index contributed by atoms with van der Waals surface area (Å²) in [5.74, 6) is -0.913. The van der Waals surface area contributed by atoms with Crippen molar-refractivity contribution in [3.63, 3.8) is 0 Å². The summed E-state index contributed by atoms with van der Waals surface area (Å²) in [5.41, 5.74) is 4.59. The van der Waals surface area contributed by atoms with Crippen LogP contribution in [0.3, 0.4) is 0 Å². The molecule has 4 rings (SSSR count). The maximum Gasteiger partial charge on any atom is 0.166 e. The number of benzene rings is 2. The molecule has 2 atom stereocenters. The van der Waals surface area contributed by atoms with Gasteiger partial charge in [0.1, 0.15) is 11.5 Å². The molecule has 1 aliphatic rings. The standard InChI is InChI=1S/C32H34F2N2O2/c1-22(32(21-35-3)20-28(32)23(2)27-12-8-13-29(33)31(27)34)9-7-11-26-19-30(36-38-26)25-16-14-24(15-17-25)10-5-6-18-37-4/h5,8-10,12-17,19,21,28H,2,6-7,11,18,20H2,1,3-4H3/b10-5-,22-9-,35-21?. The van der Waals surface area contributed by atoms with Gasteiger partial charge in [0, 0.05) is 56.0 Å². The van der Waals surface area contributed by atoms with Gasteiger partial charge in [-0.05, 0) is 49.3 Å². The minimum Gasteiger partial charge on any atom is -0.384 e. The predicted molar refractivity (Wildman–Crippen MR) is 150 cm³/mol. The molecule has 2 unspecified atom stereocenters. The van der Waals surface area contributed by atoms with Crippen molar-refractivity contribution in [2.24, 2.45) is 16.3 Å². The molecule has 3 aromatic rings. The van der Waals surface area contributed by atoms with Gasteiger partial charge >= 0.3 is 0 Å². The quantitative estimate of drug-likeness (QED) is 0.139. The number of rotatable bonds is 12. The largest absolute Gasteiger partial charge is 0.384 e. The van der Waals surface area contributed by atoms with Gasteiger partial charge in [-0.15, -0.1) is 0 Å². The minimum atomic E-state index is -0.858. The van der Waals surface area contributed by atoms with Crippen LogP contribution in [0.4, 0.5) is 8.78 Å². The lowest BCUT2D eigenvalue weighted by Gasteiger charge is -2.16. The fourth-order valence-electron chi connectivity index (χ4n) is 4.92. The molecule has 1 saturated carbocycles. The van der Waals surface area contributed by atoms with Crippen LogP contribution in [-0.4, -0.2) is 32.1 Å². The van der Waals surface area contributed by atoms with E-state index in [9.17, 15) is 8.78 Å². The Hall–Kier alpha value is -3.64. The maximum absolute atomic E-state index is 14.4. The smallest absolute Gasteiger partial charge is 0.166 e. The second kappa shape index (κ2) is 12.3. The first-order valence-electron chi connectivity index (χ1n) is 12.8. The molecule has 0 spiro atoms. The molecule has 1 heterocycles. The summed E-state index contributed by atoms with van der Waals surface area (Å²) in [6, 6.07) is 14.4. The normalized spacial score (nSPS) is 19.5. The van der Waals surface area contributed by atoms with Gasteiger partial charge in [0.25, 0.3) is 0 Å². The Morgan fingerprint density at radius 3 is 2.74 bits per heavy atom. The van der Waals surface area contributed by atoms with Gasteiger partial charge in [-0.25, -0.2) is 8.78 Å². The monoisotopic (exact) mass is 516 g/mol. The Balaban J connectivity index is 1.38. The summed E-state index contributed by atoms with van der Waals surface area (Å²) >= 11 is 0. The summed E-state index contributed by atoms with van der Waals surface area (Å²) in [7, 11) is 3.43. The van der Waals surface area contributed by atoms with E-state index >= 15 is 0 Å². The van der Waals surface area contributed by atoms with Crippen LogP contribution in [0.15, 0.2) is 82.4 Å². The number of nitrogens with zero attached hydrogens (tertiary/aromatic N) is 2. The molecule has 1 aliphatic carbocycles. The lowest BCUT2D eigenvalue weighted by molar-refractivity contribution is 0.204. The number of aliphatic imine (C=N–C) groups is 1. The van der Waals surface area contributed by atoms with E-state index in [1.165, 1.54) is 6.07 Å². The third-order valence-corrected chi connectivity index (χ3v) is 7.22. The summed E-state index contributed by atoms with van der Waals surface area (Å²) in [4.78, 5) is 4.28. The topological polar surface area (TPSA) is 47.6 Å². The minimum absolute atomic E-state index is 0.0200. The van der Waals surface area contributed by atoms with Gasteiger partial charge in [-0.2, -0.15) is 0 Å². The number of ether oxygens (including phenoxy) is 1. The molecule has 198 valence electrons. The first-order valence-corrected chi connectivity index (χ1v) is 12.8. The SMILES string of the molecule is C=C(c1cccc(F)c1F)C1CC1(C=NC)/C(C)=C\CCc1cc(-c2ccc(/C=C\CCOC)cc2)no1. The van der Waals surface area contributed by atoms with Gasteiger partial charge < -0.3 is 9.26 Å². The van der Waals surface area contributed by atoms with E-state index in [0.29, 0.717) is 18.6 Å². The van der Waals surface area contributed by atoms with Crippen molar-refractivity contribution in [3.8, 4) is 11.3 Å². The summed E-state index contributed by atoms with van der Waals surface area (Å²) in [5, 5.41) is 4.25. The molecular weight excluding hydrogens is 482 g/mol. The number of hydrogen-bond donors (Lipinski definition) is 0. The molecule has 0 N–H and O–H groups in total. The number of methoxy groups -OCH3 is 1. The highest BCUT2D eigenvalue weighted by atomic mass is 19.2. The molecule has 0 saturated heterocycles. The first kappa shape index (κ1) is 27.4. The van der Waals surface area contributed by atoms with Crippen molar-refractivity contribution < 1.29 is 18.0 Å². The van der Waals surface area contributed by atoms with Crippen molar-refractivity contribution in [3.05, 3.63) is 101 Å². The second-order valence-corrected chi connectivity index (χ2v) is 9.72. The lowest BCUT2D eigenvalue weighted by Crippen LogP contribution is -2.10. The molecule has 1 aromatic heterocycles. The second-order valence-electron chi connectivity index (χ2n) is 9.72. The fourth-order valence-corrected chi connectivity index (χ4v) is 4.92. The molecule has 0 radical (unpaired) electrons. The van der Waals surface area contributed by atoms with Crippen molar-refractivity contribution in [2.75, 3.05) is 20.8 Å². The Morgan fingerprint density at radius 1 is 1.21 bits per heavy atom. The van der Waals surface area contributed by atoms with E-state index < -0.39 is 11.6 Å². The molecule has 1 fully saturated rings. The van der Waals surface area contributed by atoms with Gasteiger partial charge in [0.05, 0.1) is 0 Å². The molecule has 0 aliphatic heterocycles. The summed E-state index contributed by atoms with van der Waals surface area (Å²) in [6.45, 7) is 6.88. The van der Waals surface area contributed by atoms with Gasteiger partial charge in [0.15, 0.2) is 11.6 Å². The van der Waals surface area contributed by atoms with E-state index in [-0.39, 0.29) is 16.9 Å². The van der Waals surface area contributed by atoms with Crippen LogP contribution in [0, 0.1) is 23.0 Å². The molecule has 0 amide bonds. The van der Waals surface area contributed by atoms with Crippen LogP contribution in [0.5, 0.6) is 0 Å². The number of hydrogen-bond acceptors (Lipinski definition) is 4. The van der Waals surface area contributed by atoms with E-state index in [1.54, 1.807) is 20.2 Å². The highest BCUT2D eigenvalue weighted by Crippen LogP contribution is 2.61.